The van der Waals surface area contributed by atoms with Crippen LogP contribution in [0.15, 0.2) is 42.6 Å². The van der Waals surface area contributed by atoms with Crippen LogP contribution in [0.1, 0.15) is 48.2 Å². The van der Waals surface area contributed by atoms with E-state index >= 15 is 0 Å². The third kappa shape index (κ3) is 3.80. The summed E-state index contributed by atoms with van der Waals surface area (Å²) in [6, 6.07) is 11.9. The average molecular weight is 423 g/mol. The number of aliphatic hydroxyl groups excluding tert-OH is 2. The molecule has 1 aromatic heterocycles. The Bertz CT molecular complexity index is 1080. The Hall–Kier alpha value is -2.54. The van der Waals surface area contributed by atoms with Gasteiger partial charge in [-0.05, 0) is 43.5 Å². The minimum absolute atomic E-state index is 0.363. The third-order valence-corrected chi connectivity index (χ3v) is 6.90. The molecule has 6 heteroatoms. The summed E-state index contributed by atoms with van der Waals surface area (Å²) in [5.41, 5.74) is 3.67. The van der Waals surface area contributed by atoms with Crippen molar-refractivity contribution in [3.8, 4) is 11.5 Å². The van der Waals surface area contributed by atoms with E-state index in [1.165, 1.54) is 5.56 Å². The highest BCUT2D eigenvalue weighted by molar-refractivity contribution is 5.84. The Morgan fingerprint density at radius 2 is 2.03 bits per heavy atom. The van der Waals surface area contributed by atoms with E-state index in [1.807, 2.05) is 24.4 Å². The molecule has 0 aliphatic carbocycles. The van der Waals surface area contributed by atoms with Gasteiger partial charge in [-0.25, -0.2) is 0 Å². The third-order valence-electron chi connectivity index (χ3n) is 6.90. The van der Waals surface area contributed by atoms with Crippen LogP contribution in [-0.2, 0) is 0 Å². The molecule has 2 aliphatic heterocycles. The Labute approximate surface area is 182 Å². The fourth-order valence-electron chi connectivity index (χ4n) is 5.07. The molecule has 0 unspecified atom stereocenters. The second kappa shape index (κ2) is 7.86. The van der Waals surface area contributed by atoms with E-state index in [0.717, 1.165) is 59.5 Å². The van der Waals surface area contributed by atoms with Crippen LogP contribution < -0.4 is 9.47 Å². The summed E-state index contributed by atoms with van der Waals surface area (Å²) >= 11 is 0. The number of H-pyrrole nitrogens is 1. The van der Waals surface area contributed by atoms with Crippen molar-refractivity contribution in [1.29, 1.82) is 0 Å². The van der Waals surface area contributed by atoms with Gasteiger partial charge < -0.3 is 29.6 Å². The molecule has 2 aliphatic rings. The molecule has 164 valence electrons. The largest absolute Gasteiger partial charge is 0.497 e. The first-order chi connectivity index (χ1) is 15.0. The number of fused-ring (bicyclic) bond motifs is 2. The predicted octanol–water partition coefficient (Wildman–Crippen LogP) is 3.87. The van der Waals surface area contributed by atoms with E-state index in [9.17, 15) is 10.2 Å². The topological polar surface area (TPSA) is 78.0 Å². The normalized spacial score (nSPS) is 21.6. The average Bonchev–Trinajstić information content (AvgIpc) is 3.18. The summed E-state index contributed by atoms with van der Waals surface area (Å²) in [5, 5.41) is 22.7. The predicted molar refractivity (Wildman–Crippen MR) is 120 cm³/mol. The molecule has 3 aromatic rings. The van der Waals surface area contributed by atoms with Gasteiger partial charge in [0.05, 0.1) is 19.3 Å². The number of ether oxygens (including phenoxy) is 2. The number of hydrogen-bond donors (Lipinski definition) is 3. The van der Waals surface area contributed by atoms with Gasteiger partial charge in [-0.1, -0.05) is 12.1 Å². The van der Waals surface area contributed by atoms with Crippen molar-refractivity contribution in [1.82, 2.24) is 9.88 Å². The van der Waals surface area contributed by atoms with Crippen molar-refractivity contribution in [2.24, 2.45) is 0 Å². The summed E-state index contributed by atoms with van der Waals surface area (Å²) in [5.74, 6) is 1.46. The maximum absolute atomic E-state index is 10.9. The second-order valence-electron chi connectivity index (χ2n) is 9.02. The molecule has 3 N–H and O–H groups in total. The number of nitrogens with one attached hydrogen (secondary N) is 1. The number of aromatic nitrogens is 1. The SMILES string of the molecule is COc1ccc2c(c1)OC1(CCN(C[C@@H](O)c3c[nH]c4cc(C)ccc34)CC1)C[C@@H]2O. The molecular formula is C25H30N2O4. The fourth-order valence-corrected chi connectivity index (χ4v) is 5.07. The Kier molecular flexibility index (Phi) is 5.16. The number of methoxy groups -OCH3 is 1. The Morgan fingerprint density at radius 3 is 2.81 bits per heavy atom. The maximum Gasteiger partial charge on any atom is 0.129 e. The number of piperidine rings is 1. The Morgan fingerprint density at radius 1 is 1.23 bits per heavy atom. The standard InChI is InChI=1S/C25H30N2O4/c1-16-3-5-18-20(14-26-21(18)11-16)23(29)15-27-9-7-25(8-10-27)13-22(28)19-6-4-17(30-2)12-24(19)31-25/h3-6,11-12,14,22-23,26,28-29H,7-10,13,15H2,1-2H3/t22-,23+/m0/s1. The first-order valence-electron chi connectivity index (χ1n) is 11.0. The van der Waals surface area contributed by atoms with Crippen LogP contribution in [0.5, 0.6) is 11.5 Å². The minimum atomic E-state index is -0.548. The van der Waals surface area contributed by atoms with Crippen LogP contribution in [0.3, 0.4) is 0 Å². The highest BCUT2D eigenvalue weighted by Crippen LogP contribution is 2.45. The Balaban J connectivity index is 1.26. The number of rotatable bonds is 4. The van der Waals surface area contributed by atoms with Gasteiger partial charge in [0.25, 0.3) is 0 Å². The summed E-state index contributed by atoms with van der Waals surface area (Å²) in [6.45, 7) is 4.30. The van der Waals surface area contributed by atoms with E-state index in [0.29, 0.717) is 13.0 Å². The van der Waals surface area contributed by atoms with Gasteiger partial charge in [0.1, 0.15) is 17.1 Å². The first-order valence-corrected chi connectivity index (χ1v) is 11.0. The lowest BCUT2D eigenvalue weighted by Crippen LogP contribution is -2.51. The van der Waals surface area contributed by atoms with Crippen LogP contribution in [0, 0.1) is 6.92 Å². The van der Waals surface area contributed by atoms with E-state index in [-0.39, 0.29) is 5.60 Å². The molecule has 31 heavy (non-hydrogen) atoms. The molecular weight excluding hydrogens is 392 g/mol. The molecule has 1 fully saturated rings. The van der Waals surface area contributed by atoms with Crippen molar-refractivity contribution in [2.45, 2.75) is 44.0 Å². The van der Waals surface area contributed by atoms with Crippen molar-refractivity contribution >= 4 is 10.9 Å². The number of nitrogens with zero attached hydrogens (tertiary/aromatic N) is 1. The molecule has 2 atom stereocenters. The molecule has 6 nitrogen and oxygen atoms in total. The monoisotopic (exact) mass is 422 g/mol. The first kappa shape index (κ1) is 20.4. The van der Waals surface area contributed by atoms with Crippen LogP contribution in [-0.4, -0.2) is 52.4 Å². The number of benzene rings is 2. The number of hydrogen-bond acceptors (Lipinski definition) is 5. The zero-order valence-corrected chi connectivity index (χ0v) is 18.1. The van der Waals surface area contributed by atoms with Crippen molar-refractivity contribution in [2.75, 3.05) is 26.7 Å². The maximum atomic E-state index is 10.9. The summed E-state index contributed by atoms with van der Waals surface area (Å²) < 4.78 is 11.8. The molecule has 3 heterocycles. The van der Waals surface area contributed by atoms with Crippen LogP contribution in [0.25, 0.3) is 10.9 Å². The number of aromatic amines is 1. The molecule has 2 aromatic carbocycles. The molecule has 5 rings (SSSR count). The summed E-state index contributed by atoms with van der Waals surface area (Å²) in [7, 11) is 1.63. The van der Waals surface area contributed by atoms with Gasteiger partial charge in [0, 0.05) is 60.3 Å². The number of β-amino-alcohol motifs (C(OH)–C–C–N with tert-alkyl or cyclic N) is 1. The molecule has 1 spiro atoms. The number of aliphatic hydroxyl groups is 2. The molecule has 0 amide bonds. The van der Waals surface area contributed by atoms with Gasteiger partial charge in [0.2, 0.25) is 0 Å². The van der Waals surface area contributed by atoms with E-state index in [1.54, 1.807) is 7.11 Å². The van der Waals surface area contributed by atoms with Crippen LogP contribution in [0.2, 0.25) is 0 Å². The highest BCUT2D eigenvalue weighted by Gasteiger charge is 2.43. The molecule has 0 saturated carbocycles. The summed E-state index contributed by atoms with van der Waals surface area (Å²) in [4.78, 5) is 5.57. The smallest absolute Gasteiger partial charge is 0.129 e. The van der Waals surface area contributed by atoms with Gasteiger partial charge >= 0.3 is 0 Å². The van der Waals surface area contributed by atoms with Gasteiger partial charge in [0.15, 0.2) is 0 Å². The minimum Gasteiger partial charge on any atom is -0.497 e. The zero-order valence-electron chi connectivity index (χ0n) is 18.1. The number of likely N-dealkylation sites (tertiary alicyclic amines) is 1. The van der Waals surface area contributed by atoms with Crippen LogP contribution >= 0.6 is 0 Å². The van der Waals surface area contributed by atoms with Crippen LogP contribution in [0.4, 0.5) is 0 Å². The lowest BCUT2D eigenvalue weighted by atomic mass is 9.81. The van der Waals surface area contributed by atoms with Crippen molar-refractivity contribution < 1.29 is 19.7 Å². The van der Waals surface area contributed by atoms with Crippen molar-refractivity contribution in [3.63, 3.8) is 0 Å². The molecule has 0 bridgehead atoms. The quantitative estimate of drug-likeness (QED) is 0.595. The number of aryl methyl sites for hydroxylation is 1. The summed E-state index contributed by atoms with van der Waals surface area (Å²) in [6.07, 6.45) is 3.09. The molecule has 0 radical (unpaired) electrons. The zero-order chi connectivity index (χ0) is 21.6. The lowest BCUT2D eigenvalue weighted by molar-refractivity contribution is -0.0588. The van der Waals surface area contributed by atoms with E-state index < -0.39 is 12.2 Å². The van der Waals surface area contributed by atoms with E-state index in [2.05, 4.69) is 35.0 Å². The van der Waals surface area contributed by atoms with Gasteiger partial charge in [-0.2, -0.15) is 0 Å². The van der Waals surface area contributed by atoms with Gasteiger partial charge in [-0.15, -0.1) is 0 Å². The lowest BCUT2D eigenvalue weighted by Gasteiger charge is -2.46. The fraction of sp³-hybridized carbons (Fsp3) is 0.440. The van der Waals surface area contributed by atoms with Gasteiger partial charge in [-0.3, -0.25) is 0 Å². The van der Waals surface area contributed by atoms with Crippen molar-refractivity contribution in [3.05, 3.63) is 59.3 Å². The second-order valence-corrected chi connectivity index (χ2v) is 9.02. The highest BCUT2D eigenvalue weighted by atomic mass is 16.5. The van der Waals surface area contributed by atoms with E-state index in [4.69, 9.17) is 9.47 Å². The molecule has 1 saturated heterocycles.